The van der Waals surface area contributed by atoms with E-state index < -0.39 is 0 Å². The van der Waals surface area contributed by atoms with Crippen LogP contribution in [0.4, 0.5) is 5.69 Å². The van der Waals surface area contributed by atoms with Crippen molar-refractivity contribution in [1.82, 2.24) is 4.90 Å². The predicted octanol–water partition coefficient (Wildman–Crippen LogP) is 3.31. The monoisotopic (exact) mass is 474 g/mol. The molecule has 1 aromatic carbocycles. The lowest BCUT2D eigenvalue weighted by molar-refractivity contribution is 0.210. The Labute approximate surface area is 173 Å². The lowest BCUT2D eigenvalue weighted by Crippen LogP contribution is -2.35. The highest BCUT2D eigenvalue weighted by Crippen LogP contribution is 2.39. The highest BCUT2D eigenvalue weighted by molar-refractivity contribution is 14.0. The van der Waals surface area contributed by atoms with Gasteiger partial charge in [-0.1, -0.05) is 12.8 Å². The third-order valence-electron chi connectivity index (χ3n) is 4.92. The Kier molecular flexibility index (Phi) is 7.82. The summed E-state index contributed by atoms with van der Waals surface area (Å²) in [5.41, 5.74) is 7.27. The SMILES string of the molecule is CN(C)CC1(CN=C(N)Nc2ccc3c(c2)OCCCO3)CCCC1.I. The first kappa shape index (κ1) is 21.1. The van der Waals surface area contributed by atoms with Crippen molar-refractivity contribution < 1.29 is 9.47 Å². The summed E-state index contributed by atoms with van der Waals surface area (Å²) in [4.78, 5) is 6.90. The minimum absolute atomic E-state index is 0. The lowest BCUT2D eigenvalue weighted by atomic mass is 9.86. The van der Waals surface area contributed by atoms with E-state index in [4.69, 9.17) is 15.2 Å². The van der Waals surface area contributed by atoms with Crippen LogP contribution in [-0.2, 0) is 0 Å². The number of aliphatic imine (C=N–C) groups is 1. The molecule has 0 saturated heterocycles. The third kappa shape index (κ3) is 5.64. The lowest BCUT2D eigenvalue weighted by Gasteiger charge is -2.30. The van der Waals surface area contributed by atoms with Crippen molar-refractivity contribution in [3.05, 3.63) is 18.2 Å². The summed E-state index contributed by atoms with van der Waals surface area (Å²) in [6.07, 6.45) is 5.94. The summed E-state index contributed by atoms with van der Waals surface area (Å²) in [5, 5.41) is 3.19. The summed E-state index contributed by atoms with van der Waals surface area (Å²) in [6, 6.07) is 5.79. The summed E-state index contributed by atoms with van der Waals surface area (Å²) in [5.74, 6) is 2.00. The molecule has 6 nitrogen and oxygen atoms in total. The fourth-order valence-corrected chi connectivity index (χ4v) is 3.84. The largest absolute Gasteiger partial charge is 0.490 e. The Morgan fingerprint density at radius 1 is 1.15 bits per heavy atom. The van der Waals surface area contributed by atoms with E-state index in [0.717, 1.165) is 36.7 Å². The normalized spacial score (nSPS) is 19.0. The zero-order valence-electron chi connectivity index (χ0n) is 15.8. The van der Waals surface area contributed by atoms with Gasteiger partial charge in [-0.05, 0) is 39.1 Å². The second-order valence-electron chi connectivity index (χ2n) is 7.48. The Morgan fingerprint density at radius 2 is 1.85 bits per heavy atom. The fraction of sp³-hybridized carbons (Fsp3) is 0.632. The molecule has 3 rings (SSSR count). The number of benzene rings is 1. The maximum atomic E-state index is 6.13. The number of nitrogens with zero attached hydrogens (tertiary/aromatic N) is 2. The zero-order valence-corrected chi connectivity index (χ0v) is 18.1. The zero-order chi connectivity index (χ0) is 17.7. The molecule has 0 atom stereocenters. The van der Waals surface area contributed by atoms with Crippen molar-refractivity contribution in [2.24, 2.45) is 16.1 Å². The fourth-order valence-electron chi connectivity index (χ4n) is 3.84. The van der Waals surface area contributed by atoms with Gasteiger partial charge in [0.15, 0.2) is 17.5 Å². The quantitative estimate of drug-likeness (QED) is 0.389. The molecule has 2 aliphatic rings. The second kappa shape index (κ2) is 9.64. The Bertz CT molecular complexity index is 616. The number of ether oxygens (including phenoxy) is 2. The molecule has 0 amide bonds. The van der Waals surface area contributed by atoms with E-state index in [2.05, 4.69) is 29.3 Å². The van der Waals surface area contributed by atoms with Crippen LogP contribution in [0.15, 0.2) is 23.2 Å². The summed E-state index contributed by atoms with van der Waals surface area (Å²) >= 11 is 0. The van der Waals surface area contributed by atoms with Crippen molar-refractivity contribution in [3.8, 4) is 11.5 Å². The van der Waals surface area contributed by atoms with Crippen molar-refractivity contribution >= 4 is 35.6 Å². The molecule has 0 aromatic heterocycles. The van der Waals surface area contributed by atoms with Gasteiger partial charge in [-0.2, -0.15) is 0 Å². The Hall–Kier alpha value is -1.22. The van der Waals surface area contributed by atoms with E-state index in [1.54, 1.807) is 0 Å². The van der Waals surface area contributed by atoms with Crippen LogP contribution in [-0.4, -0.2) is 51.3 Å². The first-order valence-electron chi connectivity index (χ1n) is 9.18. The maximum Gasteiger partial charge on any atom is 0.193 e. The average molecular weight is 474 g/mol. The van der Waals surface area contributed by atoms with Crippen LogP contribution in [0.25, 0.3) is 0 Å². The summed E-state index contributed by atoms with van der Waals surface area (Å²) in [6.45, 7) is 3.20. The number of hydrogen-bond acceptors (Lipinski definition) is 4. The van der Waals surface area contributed by atoms with Gasteiger partial charge >= 0.3 is 0 Å². The summed E-state index contributed by atoms with van der Waals surface area (Å²) in [7, 11) is 4.26. The van der Waals surface area contributed by atoms with E-state index in [1.807, 2.05) is 18.2 Å². The minimum atomic E-state index is 0. The molecule has 1 heterocycles. The highest BCUT2D eigenvalue weighted by Gasteiger charge is 2.34. The van der Waals surface area contributed by atoms with Crippen LogP contribution < -0.4 is 20.5 Å². The number of rotatable bonds is 5. The van der Waals surface area contributed by atoms with Gasteiger partial charge in [0, 0.05) is 36.7 Å². The van der Waals surface area contributed by atoms with Gasteiger partial charge < -0.3 is 25.4 Å². The van der Waals surface area contributed by atoms with E-state index in [1.165, 1.54) is 25.7 Å². The Balaban J connectivity index is 0.00000243. The first-order valence-corrected chi connectivity index (χ1v) is 9.18. The van der Waals surface area contributed by atoms with E-state index >= 15 is 0 Å². The molecule has 1 aromatic rings. The number of nitrogens with two attached hydrogens (primary N) is 1. The number of hydrogen-bond donors (Lipinski definition) is 2. The van der Waals surface area contributed by atoms with Crippen molar-refractivity contribution in [1.29, 1.82) is 0 Å². The first-order chi connectivity index (χ1) is 12.1. The summed E-state index contributed by atoms with van der Waals surface area (Å²) < 4.78 is 11.4. The number of halogens is 1. The molecule has 3 N–H and O–H groups in total. The van der Waals surface area contributed by atoms with Crippen LogP contribution in [0.3, 0.4) is 0 Å². The molecular formula is C19H31IN4O2. The maximum absolute atomic E-state index is 6.13. The standard InChI is InChI=1S/C19H30N4O2.HI/c1-23(2)14-19(8-3-4-9-19)13-21-18(20)22-15-6-7-16-17(12-15)25-11-5-10-24-16;/h6-7,12H,3-5,8-11,13-14H2,1-2H3,(H3,20,21,22);1H. The van der Waals surface area contributed by atoms with Crippen molar-refractivity contribution in [2.75, 3.05) is 45.7 Å². The average Bonchev–Trinajstić information content (AvgIpc) is 2.89. The smallest absolute Gasteiger partial charge is 0.193 e. The molecular weight excluding hydrogens is 443 g/mol. The molecule has 146 valence electrons. The molecule has 1 aliphatic heterocycles. The Morgan fingerprint density at radius 3 is 2.54 bits per heavy atom. The van der Waals surface area contributed by atoms with E-state index in [9.17, 15) is 0 Å². The van der Waals surface area contributed by atoms with Gasteiger partial charge in [0.25, 0.3) is 0 Å². The van der Waals surface area contributed by atoms with Crippen LogP contribution >= 0.6 is 24.0 Å². The third-order valence-corrected chi connectivity index (χ3v) is 4.92. The van der Waals surface area contributed by atoms with Gasteiger partial charge in [-0.3, -0.25) is 4.99 Å². The molecule has 1 aliphatic carbocycles. The van der Waals surface area contributed by atoms with Crippen molar-refractivity contribution in [2.45, 2.75) is 32.1 Å². The molecule has 1 saturated carbocycles. The number of anilines is 1. The van der Waals surface area contributed by atoms with E-state index in [-0.39, 0.29) is 29.4 Å². The van der Waals surface area contributed by atoms with Gasteiger partial charge in [-0.25, -0.2) is 0 Å². The number of fused-ring (bicyclic) bond motifs is 1. The molecule has 26 heavy (non-hydrogen) atoms. The molecule has 0 radical (unpaired) electrons. The van der Waals surface area contributed by atoms with Crippen molar-refractivity contribution in [3.63, 3.8) is 0 Å². The van der Waals surface area contributed by atoms with Crippen LogP contribution in [0.5, 0.6) is 11.5 Å². The topological polar surface area (TPSA) is 72.1 Å². The number of nitrogens with one attached hydrogen (secondary N) is 1. The molecule has 0 bridgehead atoms. The number of guanidine groups is 1. The van der Waals surface area contributed by atoms with E-state index in [0.29, 0.717) is 19.2 Å². The molecule has 7 heteroatoms. The molecule has 0 spiro atoms. The van der Waals surface area contributed by atoms with Crippen LogP contribution in [0, 0.1) is 5.41 Å². The van der Waals surface area contributed by atoms with Crippen LogP contribution in [0.1, 0.15) is 32.1 Å². The molecule has 1 fully saturated rings. The van der Waals surface area contributed by atoms with Gasteiger partial charge in [0.2, 0.25) is 0 Å². The highest BCUT2D eigenvalue weighted by atomic mass is 127. The second-order valence-corrected chi connectivity index (χ2v) is 7.48. The predicted molar refractivity (Wildman–Crippen MR) is 117 cm³/mol. The minimum Gasteiger partial charge on any atom is -0.490 e. The van der Waals surface area contributed by atoms with Gasteiger partial charge in [0.05, 0.1) is 13.2 Å². The molecule has 0 unspecified atom stereocenters. The van der Waals surface area contributed by atoms with Gasteiger partial charge in [0.1, 0.15) is 0 Å². The van der Waals surface area contributed by atoms with Gasteiger partial charge in [-0.15, -0.1) is 24.0 Å². The van der Waals surface area contributed by atoms with Crippen LogP contribution in [0.2, 0.25) is 0 Å².